The summed E-state index contributed by atoms with van der Waals surface area (Å²) in [5.74, 6) is 1.09. The van der Waals surface area contributed by atoms with Crippen molar-refractivity contribution in [2.75, 3.05) is 13.2 Å². The summed E-state index contributed by atoms with van der Waals surface area (Å²) < 4.78 is 8.17. The number of aromatic nitrogens is 2. The Morgan fingerprint density at radius 2 is 1.97 bits per heavy atom. The molecule has 4 rings (SSSR count). The standard InChI is InChI=1S/C27H27N3O2S2/c1-5-13-32-23-12-11-20(14-19(23)4)25-21(17-30(28-25)22-9-7-6-8-10-22)15-24-26(31)29(16-18(2)3)27(33)34-24/h5-12,14-15,17-18H,1,13,16H2,2-4H3/b24-15+. The molecular weight excluding hydrogens is 462 g/mol. The van der Waals surface area contributed by atoms with Crippen molar-refractivity contribution in [3.8, 4) is 22.7 Å². The van der Waals surface area contributed by atoms with Gasteiger partial charge in [0.25, 0.3) is 5.91 Å². The van der Waals surface area contributed by atoms with E-state index in [-0.39, 0.29) is 5.91 Å². The van der Waals surface area contributed by atoms with Gasteiger partial charge in [0.2, 0.25) is 0 Å². The van der Waals surface area contributed by atoms with Gasteiger partial charge >= 0.3 is 0 Å². The number of nitrogens with zero attached hydrogens (tertiary/aromatic N) is 3. The fraction of sp³-hybridized carbons (Fsp3) is 0.222. The normalized spacial score (nSPS) is 14.9. The first kappa shape index (κ1) is 24.0. The molecular formula is C27H27N3O2S2. The van der Waals surface area contributed by atoms with Crippen LogP contribution in [0.4, 0.5) is 0 Å². The molecule has 34 heavy (non-hydrogen) atoms. The minimum atomic E-state index is -0.0496. The molecule has 1 aliphatic rings. The Labute approximate surface area is 210 Å². The van der Waals surface area contributed by atoms with E-state index in [1.54, 1.807) is 11.0 Å². The van der Waals surface area contributed by atoms with Crippen molar-refractivity contribution in [2.45, 2.75) is 20.8 Å². The summed E-state index contributed by atoms with van der Waals surface area (Å²) in [5, 5.41) is 4.89. The SMILES string of the molecule is C=CCOc1ccc(-c2nn(-c3ccccc3)cc2/C=C2/SC(=S)N(CC(C)C)C2=O)cc1C. The van der Waals surface area contributed by atoms with Gasteiger partial charge in [0.15, 0.2) is 0 Å². The molecule has 174 valence electrons. The number of benzene rings is 2. The highest BCUT2D eigenvalue weighted by Gasteiger charge is 2.32. The molecule has 0 aliphatic carbocycles. The van der Waals surface area contributed by atoms with Crippen molar-refractivity contribution >= 4 is 40.3 Å². The molecule has 1 aliphatic heterocycles. The van der Waals surface area contributed by atoms with Gasteiger partial charge in [-0.05, 0) is 54.8 Å². The van der Waals surface area contributed by atoms with Gasteiger partial charge in [-0.25, -0.2) is 4.68 Å². The van der Waals surface area contributed by atoms with Gasteiger partial charge in [0.1, 0.15) is 22.4 Å². The molecule has 0 radical (unpaired) electrons. The lowest BCUT2D eigenvalue weighted by atomic mass is 10.0. The van der Waals surface area contributed by atoms with Crippen LogP contribution in [0.1, 0.15) is 25.0 Å². The first-order chi connectivity index (χ1) is 16.4. The van der Waals surface area contributed by atoms with Crippen molar-refractivity contribution in [3.05, 3.63) is 83.4 Å². The number of carbonyl (C=O) groups excluding carboxylic acids is 1. The molecule has 0 unspecified atom stereocenters. The van der Waals surface area contributed by atoms with Gasteiger partial charge in [-0.2, -0.15) is 5.10 Å². The molecule has 3 aromatic rings. The maximum absolute atomic E-state index is 13.1. The molecule has 5 nitrogen and oxygen atoms in total. The van der Waals surface area contributed by atoms with Crippen LogP contribution in [0.2, 0.25) is 0 Å². The lowest BCUT2D eigenvalue weighted by Crippen LogP contribution is -2.31. The third-order valence-electron chi connectivity index (χ3n) is 5.28. The van der Waals surface area contributed by atoms with Gasteiger partial charge < -0.3 is 4.74 Å². The number of thioether (sulfide) groups is 1. The van der Waals surface area contributed by atoms with E-state index in [2.05, 4.69) is 26.5 Å². The lowest BCUT2D eigenvalue weighted by molar-refractivity contribution is -0.122. The maximum Gasteiger partial charge on any atom is 0.266 e. The zero-order valence-corrected chi connectivity index (χ0v) is 21.2. The average molecular weight is 490 g/mol. The van der Waals surface area contributed by atoms with Crippen LogP contribution in [0.3, 0.4) is 0 Å². The van der Waals surface area contributed by atoms with Crippen LogP contribution in [-0.4, -0.2) is 38.1 Å². The fourth-order valence-electron chi connectivity index (χ4n) is 3.70. The number of hydrogen-bond donors (Lipinski definition) is 0. The van der Waals surface area contributed by atoms with Crippen molar-refractivity contribution < 1.29 is 9.53 Å². The second kappa shape index (κ2) is 10.4. The van der Waals surface area contributed by atoms with Crippen LogP contribution in [-0.2, 0) is 4.79 Å². The average Bonchev–Trinajstić information content (AvgIpc) is 3.35. The Morgan fingerprint density at radius 3 is 2.65 bits per heavy atom. The summed E-state index contributed by atoms with van der Waals surface area (Å²) >= 11 is 6.83. The van der Waals surface area contributed by atoms with Gasteiger partial charge in [-0.1, -0.05) is 68.7 Å². The first-order valence-corrected chi connectivity index (χ1v) is 12.3. The van der Waals surface area contributed by atoms with E-state index in [1.165, 1.54) is 11.8 Å². The molecule has 1 fully saturated rings. The van der Waals surface area contributed by atoms with E-state index < -0.39 is 0 Å². The number of thiocarbonyl (C=S) groups is 1. The van der Waals surface area contributed by atoms with Gasteiger partial charge in [-0.3, -0.25) is 9.69 Å². The summed E-state index contributed by atoms with van der Waals surface area (Å²) in [7, 11) is 0. The summed E-state index contributed by atoms with van der Waals surface area (Å²) in [5.41, 5.74) is 4.53. The largest absolute Gasteiger partial charge is 0.489 e. The van der Waals surface area contributed by atoms with Crippen LogP contribution in [0.15, 0.2) is 72.3 Å². The smallest absolute Gasteiger partial charge is 0.266 e. The first-order valence-electron chi connectivity index (χ1n) is 11.1. The highest BCUT2D eigenvalue weighted by atomic mass is 32.2. The number of carbonyl (C=O) groups is 1. The maximum atomic E-state index is 13.1. The highest BCUT2D eigenvalue weighted by Crippen LogP contribution is 2.36. The Balaban J connectivity index is 1.77. The number of para-hydroxylation sites is 1. The Morgan fingerprint density at radius 1 is 1.21 bits per heavy atom. The second-order valence-electron chi connectivity index (χ2n) is 8.48. The highest BCUT2D eigenvalue weighted by molar-refractivity contribution is 8.26. The summed E-state index contributed by atoms with van der Waals surface area (Å²) in [6.07, 6.45) is 5.58. The number of hydrogen-bond acceptors (Lipinski definition) is 5. The van der Waals surface area contributed by atoms with Crippen LogP contribution in [0.25, 0.3) is 23.0 Å². The van der Waals surface area contributed by atoms with Crippen LogP contribution in [0.5, 0.6) is 5.75 Å². The summed E-state index contributed by atoms with van der Waals surface area (Å²) in [4.78, 5) is 15.4. The Kier molecular flexibility index (Phi) is 7.34. The minimum absolute atomic E-state index is 0.0496. The Bertz CT molecular complexity index is 1260. The Hall–Kier alpha value is -3.16. The molecule has 2 aromatic carbocycles. The molecule has 2 heterocycles. The third kappa shape index (κ3) is 5.16. The van der Waals surface area contributed by atoms with Crippen molar-refractivity contribution in [1.29, 1.82) is 0 Å². The fourth-order valence-corrected chi connectivity index (χ4v) is 4.97. The molecule has 1 amide bonds. The minimum Gasteiger partial charge on any atom is -0.489 e. The van der Waals surface area contributed by atoms with Crippen LogP contribution in [0, 0.1) is 12.8 Å². The zero-order valence-electron chi connectivity index (χ0n) is 19.5. The van der Waals surface area contributed by atoms with E-state index >= 15 is 0 Å². The molecule has 1 saturated heterocycles. The quantitative estimate of drug-likeness (QED) is 0.212. The molecule has 0 saturated carbocycles. The summed E-state index contributed by atoms with van der Waals surface area (Å²) in [6, 6.07) is 15.9. The number of rotatable bonds is 8. The zero-order chi connectivity index (χ0) is 24.2. The van der Waals surface area contributed by atoms with Gasteiger partial charge in [-0.15, -0.1) is 0 Å². The van der Waals surface area contributed by atoms with E-state index in [9.17, 15) is 4.79 Å². The predicted octanol–water partition coefficient (Wildman–Crippen LogP) is 6.27. The molecule has 7 heteroatoms. The summed E-state index contributed by atoms with van der Waals surface area (Å²) in [6.45, 7) is 10.9. The molecule has 0 atom stereocenters. The number of aryl methyl sites for hydroxylation is 1. The topological polar surface area (TPSA) is 47.4 Å². The van der Waals surface area contributed by atoms with Crippen LogP contribution >= 0.6 is 24.0 Å². The monoisotopic (exact) mass is 489 g/mol. The molecule has 0 N–H and O–H groups in total. The molecule has 0 bridgehead atoms. The van der Waals surface area contributed by atoms with E-state index in [0.717, 1.165) is 33.8 Å². The number of amides is 1. The lowest BCUT2D eigenvalue weighted by Gasteiger charge is -2.16. The second-order valence-corrected chi connectivity index (χ2v) is 10.2. The van der Waals surface area contributed by atoms with Crippen molar-refractivity contribution in [1.82, 2.24) is 14.7 Å². The van der Waals surface area contributed by atoms with Crippen molar-refractivity contribution in [3.63, 3.8) is 0 Å². The molecule has 1 aromatic heterocycles. The van der Waals surface area contributed by atoms with Gasteiger partial charge in [0, 0.05) is 23.9 Å². The molecule has 0 spiro atoms. The van der Waals surface area contributed by atoms with E-state index in [4.69, 9.17) is 22.1 Å². The van der Waals surface area contributed by atoms with E-state index in [1.807, 2.05) is 66.3 Å². The predicted molar refractivity (Wildman–Crippen MR) is 144 cm³/mol. The number of ether oxygens (including phenoxy) is 1. The van der Waals surface area contributed by atoms with E-state index in [0.29, 0.717) is 28.3 Å². The van der Waals surface area contributed by atoms with Crippen LogP contribution < -0.4 is 4.74 Å². The van der Waals surface area contributed by atoms with Crippen molar-refractivity contribution in [2.24, 2.45) is 5.92 Å². The third-order valence-corrected chi connectivity index (χ3v) is 6.65. The van der Waals surface area contributed by atoms with Gasteiger partial charge in [0.05, 0.1) is 10.6 Å².